The molecule has 0 saturated carbocycles. The summed E-state index contributed by atoms with van der Waals surface area (Å²) in [6.45, 7) is 3.32. The lowest BCUT2D eigenvalue weighted by molar-refractivity contribution is 0.0991. The summed E-state index contributed by atoms with van der Waals surface area (Å²) in [5, 5.41) is 3.06. The van der Waals surface area contributed by atoms with Crippen LogP contribution in [-0.2, 0) is 0 Å². The van der Waals surface area contributed by atoms with Gasteiger partial charge in [0.05, 0.1) is 6.54 Å². The van der Waals surface area contributed by atoms with E-state index in [1.807, 2.05) is 0 Å². The van der Waals surface area contributed by atoms with Crippen molar-refractivity contribution in [1.82, 2.24) is 5.32 Å². The topological polar surface area (TPSA) is 55.1 Å². The molecule has 0 aliphatic heterocycles. The third kappa shape index (κ3) is 3.18. The first-order valence-electron chi connectivity index (χ1n) is 4.83. The summed E-state index contributed by atoms with van der Waals surface area (Å²) in [7, 11) is 0. The highest BCUT2D eigenvalue weighted by molar-refractivity contribution is 5.98. The standard InChI is InChI=1S/C11H16N2O/c1-2-6-13-8-11(14)9-4-3-5-10(12)7-9/h3-5,7,13H,2,6,8,12H2,1H3. The summed E-state index contributed by atoms with van der Waals surface area (Å²) < 4.78 is 0. The van der Waals surface area contributed by atoms with E-state index in [0.717, 1.165) is 13.0 Å². The summed E-state index contributed by atoms with van der Waals surface area (Å²) in [6, 6.07) is 7.06. The molecule has 0 heterocycles. The number of rotatable bonds is 5. The van der Waals surface area contributed by atoms with E-state index in [0.29, 0.717) is 17.8 Å². The maximum atomic E-state index is 11.6. The zero-order valence-electron chi connectivity index (χ0n) is 8.42. The molecule has 0 spiro atoms. The fraction of sp³-hybridized carbons (Fsp3) is 0.364. The zero-order chi connectivity index (χ0) is 10.4. The van der Waals surface area contributed by atoms with Gasteiger partial charge in [-0.2, -0.15) is 0 Å². The normalized spacial score (nSPS) is 10.1. The van der Waals surface area contributed by atoms with Gasteiger partial charge in [0.2, 0.25) is 0 Å². The second-order valence-electron chi connectivity index (χ2n) is 3.23. The molecule has 1 rings (SSSR count). The molecule has 0 aromatic heterocycles. The monoisotopic (exact) mass is 192 g/mol. The predicted octanol–water partition coefficient (Wildman–Crippen LogP) is 1.45. The Morgan fingerprint density at radius 1 is 1.50 bits per heavy atom. The summed E-state index contributed by atoms with van der Waals surface area (Å²) in [4.78, 5) is 11.6. The maximum absolute atomic E-state index is 11.6. The van der Waals surface area contributed by atoms with Crippen molar-refractivity contribution in [2.75, 3.05) is 18.8 Å². The highest BCUT2D eigenvalue weighted by atomic mass is 16.1. The van der Waals surface area contributed by atoms with Crippen molar-refractivity contribution in [3.63, 3.8) is 0 Å². The summed E-state index contributed by atoms with van der Waals surface area (Å²) in [5.74, 6) is 0.0887. The van der Waals surface area contributed by atoms with Crippen LogP contribution >= 0.6 is 0 Å². The fourth-order valence-electron chi connectivity index (χ4n) is 1.19. The van der Waals surface area contributed by atoms with Gasteiger partial charge in [0.15, 0.2) is 5.78 Å². The van der Waals surface area contributed by atoms with Gasteiger partial charge in [0.25, 0.3) is 0 Å². The first-order chi connectivity index (χ1) is 6.74. The number of nitrogen functional groups attached to an aromatic ring is 1. The van der Waals surface area contributed by atoms with Gasteiger partial charge in [0.1, 0.15) is 0 Å². The van der Waals surface area contributed by atoms with Crippen molar-refractivity contribution in [2.24, 2.45) is 0 Å². The van der Waals surface area contributed by atoms with Crippen molar-refractivity contribution in [2.45, 2.75) is 13.3 Å². The van der Waals surface area contributed by atoms with E-state index < -0.39 is 0 Å². The van der Waals surface area contributed by atoms with Gasteiger partial charge < -0.3 is 11.1 Å². The lowest BCUT2D eigenvalue weighted by atomic mass is 10.1. The number of hydrogen-bond acceptors (Lipinski definition) is 3. The van der Waals surface area contributed by atoms with Crippen LogP contribution in [0, 0.1) is 0 Å². The smallest absolute Gasteiger partial charge is 0.176 e. The molecule has 0 saturated heterocycles. The average Bonchev–Trinajstić information content (AvgIpc) is 2.18. The molecule has 0 radical (unpaired) electrons. The summed E-state index contributed by atoms with van der Waals surface area (Å²) in [5.41, 5.74) is 6.88. The first-order valence-corrected chi connectivity index (χ1v) is 4.83. The van der Waals surface area contributed by atoms with Crippen LogP contribution in [0.15, 0.2) is 24.3 Å². The van der Waals surface area contributed by atoms with E-state index in [2.05, 4.69) is 12.2 Å². The third-order valence-electron chi connectivity index (χ3n) is 1.92. The molecule has 0 bridgehead atoms. The van der Waals surface area contributed by atoms with Gasteiger partial charge in [-0.25, -0.2) is 0 Å². The number of nitrogens with one attached hydrogen (secondary N) is 1. The minimum absolute atomic E-state index is 0.0887. The second kappa shape index (κ2) is 5.40. The molecule has 1 aromatic rings. The molecule has 1 aromatic carbocycles. The van der Waals surface area contributed by atoms with Gasteiger partial charge in [-0.1, -0.05) is 19.1 Å². The minimum atomic E-state index is 0.0887. The molecule has 0 atom stereocenters. The Kier molecular flexibility index (Phi) is 4.13. The van der Waals surface area contributed by atoms with E-state index in [-0.39, 0.29) is 5.78 Å². The highest BCUT2D eigenvalue weighted by Crippen LogP contribution is 2.06. The van der Waals surface area contributed by atoms with Crippen LogP contribution in [0.4, 0.5) is 5.69 Å². The number of nitrogens with two attached hydrogens (primary N) is 1. The third-order valence-corrected chi connectivity index (χ3v) is 1.92. The van der Waals surface area contributed by atoms with Gasteiger partial charge >= 0.3 is 0 Å². The van der Waals surface area contributed by atoms with Gasteiger partial charge in [-0.15, -0.1) is 0 Å². The number of Topliss-reactive ketones (excluding diaryl/α,β-unsaturated/α-hetero) is 1. The Morgan fingerprint density at radius 2 is 2.29 bits per heavy atom. The van der Waals surface area contributed by atoms with Crippen LogP contribution in [0.25, 0.3) is 0 Å². The SMILES string of the molecule is CCCNCC(=O)c1cccc(N)c1. The Hall–Kier alpha value is -1.35. The Labute approximate surface area is 84.3 Å². The van der Waals surface area contributed by atoms with Crippen molar-refractivity contribution < 1.29 is 4.79 Å². The molecule has 76 valence electrons. The average molecular weight is 192 g/mol. The quantitative estimate of drug-likeness (QED) is 0.422. The van der Waals surface area contributed by atoms with E-state index in [1.54, 1.807) is 24.3 Å². The van der Waals surface area contributed by atoms with E-state index in [1.165, 1.54) is 0 Å². The summed E-state index contributed by atoms with van der Waals surface area (Å²) in [6.07, 6.45) is 1.03. The molecule has 0 aliphatic carbocycles. The predicted molar refractivity (Wildman–Crippen MR) is 58.3 cm³/mol. The van der Waals surface area contributed by atoms with Crippen molar-refractivity contribution in [1.29, 1.82) is 0 Å². The molecule has 0 amide bonds. The van der Waals surface area contributed by atoms with Crippen LogP contribution in [-0.4, -0.2) is 18.9 Å². The van der Waals surface area contributed by atoms with Crippen LogP contribution in [0.1, 0.15) is 23.7 Å². The van der Waals surface area contributed by atoms with E-state index in [9.17, 15) is 4.79 Å². The number of hydrogen-bond donors (Lipinski definition) is 2. The molecule has 3 N–H and O–H groups in total. The molecule has 14 heavy (non-hydrogen) atoms. The largest absolute Gasteiger partial charge is 0.399 e. The molecule has 3 heteroatoms. The van der Waals surface area contributed by atoms with Crippen LogP contribution in [0.3, 0.4) is 0 Å². The van der Waals surface area contributed by atoms with E-state index in [4.69, 9.17) is 5.73 Å². The van der Waals surface area contributed by atoms with Gasteiger partial charge in [-0.05, 0) is 25.1 Å². The number of anilines is 1. The minimum Gasteiger partial charge on any atom is -0.399 e. The molecule has 3 nitrogen and oxygen atoms in total. The highest BCUT2D eigenvalue weighted by Gasteiger charge is 2.04. The Morgan fingerprint density at radius 3 is 2.93 bits per heavy atom. The lowest BCUT2D eigenvalue weighted by Crippen LogP contribution is -2.23. The molecule has 0 unspecified atom stereocenters. The fourth-order valence-corrected chi connectivity index (χ4v) is 1.19. The zero-order valence-corrected chi connectivity index (χ0v) is 8.42. The molecular weight excluding hydrogens is 176 g/mol. The van der Waals surface area contributed by atoms with Gasteiger partial charge in [0, 0.05) is 11.3 Å². The molecular formula is C11H16N2O. The van der Waals surface area contributed by atoms with Crippen LogP contribution < -0.4 is 11.1 Å². The summed E-state index contributed by atoms with van der Waals surface area (Å²) >= 11 is 0. The lowest BCUT2D eigenvalue weighted by Gasteiger charge is -2.03. The van der Waals surface area contributed by atoms with Crippen molar-refractivity contribution in [3.8, 4) is 0 Å². The van der Waals surface area contributed by atoms with E-state index >= 15 is 0 Å². The Bertz CT molecular complexity index is 310. The van der Waals surface area contributed by atoms with Crippen molar-refractivity contribution >= 4 is 11.5 Å². The molecule has 0 aliphatic rings. The maximum Gasteiger partial charge on any atom is 0.176 e. The number of ketones is 1. The number of benzene rings is 1. The van der Waals surface area contributed by atoms with Crippen LogP contribution in [0.5, 0.6) is 0 Å². The number of carbonyl (C=O) groups is 1. The second-order valence-corrected chi connectivity index (χ2v) is 3.23. The van der Waals surface area contributed by atoms with Gasteiger partial charge in [-0.3, -0.25) is 4.79 Å². The number of carbonyl (C=O) groups excluding carboxylic acids is 1. The van der Waals surface area contributed by atoms with Crippen molar-refractivity contribution in [3.05, 3.63) is 29.8 Å². The first kappa shape index (κ1) is 10.7. The Balaban J connectivity index is 2.52. The van der Waals surface area contributed by atoms with Crippen LogP contribution in [0.2, 0.25) is 0 Å². The molecule has 0 fully saturated rings.